The van der Waals surface area contributed by atoms with Gasteiger partial charge in [-0.3, -0.25) is 9.69 Å². The van der Waals surface area contributed by atoms with Crippen molar-refractivity contribution < 1.29 is 4.79 Å². The molecule has 0 unspecified atom stereocenters. The van der Waals surface area contributed by atoms with Crippen LogP contribution in [0.25, 0.3) is 0 Å². The molecule has 3 heteroatoms. The molecule has 1 aromatic carbocycles. The summed E-state index contributed by atoms with van der Waals surface area (Å²) in [5.41, 5.74) is 4.03. The maximum absolute atomic E-state index is 11.6. The van der Waals surface area contributed by atoms with E-state index in [-0.39, 0.29) is 5.91 Å². The first kappa shape index (κ1) is 13.1. The van der Waals surface area contributed by atoms with Crippen LogP contribution in [0.15, 0.2) is 18.2 Å². The molecule has 0 spiro atoms. The minimum atomic E-state index is 0.262. The first-order valence-corrected chi connectivity index (χ1v) is 6.58. The van der Waals surface area contributed by atoms with Crippen LogP contribution in [0.3, 0.4) is 0 Å². The van der Waals surface area contributed by atoms with E-state index in [0.29, 0.717) is 6.42 Å². The molecule has 2 rings (SSSR count). The quantitative estimate of drug-likeness (QED) is 0.796. The minimum absolute atomic E-state index is 0.262. The van der Waals surface area contributed by atoms with Crippen molar-refractivity contribution in [2.75, 3.05) is 26.7 Å². The zero-order valence-electron chi connectivity index (χ0n) is 11.6. The van der Waals surface area contributed by atoms with Crippen molar-refractivity contribution in [1.82, 2.24) is 9.80 Å². The molecule has 0 aromatic heterocycles. The number of nitrogens with zero attached hydrogens (tertiary/aromatic N) is 2. The number of carbonyl (C=O) groups excluding carboxylic acids is 1. The van der Waals surface area contributed by atoms with Crippen molar-refractivity contribution in [2.24, 2.45) is 0 Å². The van der Waals surface area contributed by atoms with Gasteiger partial charge in [-0.25, -0.2) is 0 Å². The van der Waals surface area contributed by atoms with E-state index >= 15 is 0 Å². The molecule has 98 valence electrons. The number of hydrogen-bond acceptors (Lipinski definition) is 2. The summed E-state index contributed by atoms with van der Waals surface area (Å²) in [6.07, 6.45) is 0.640. The van der Waals surface area contributed by atoms with E-state index in [1.165, 1.54) is 16.7 Å². The highest BCUT2D eigenvalue weighted by molar-refractivity contribution is 5.76. The Hall–Kier alpha value is -1.35. The summed E-state index contributed by atoms with van der Waals surface area (Å²) in [5, 5.41) is 0. The fourth-order valence-corrected chi connectivity index (χ4v) is 2.39. The Bertz CT molecular complexity index is 442. The maximum Gasteiger partial charge on any atom is 0.223 e. The van der Waals surface area contributed by atoms with Crippen LogP contribution in [0.2, 0.25) is 0 Å². The number of likely N-dealkylation sites (N-methyl/N-ethyl adjacent to an activating group) is 1. The molecule has 1 saturated heterocycles. The van der Waals surface area contributed by atoms with Gasteiger partial charge in [0.15, 0.2) is 0 Å². The Labute approximate surface area is 109 Å². The molecular weight excluding hydrogens is 224 g/mol. The maximum atomic E-state index is 11.6. The molecular formula is C15H22N2O. The van der Waals surface area contributed by atoms with Crippen LogP contribution < -0.4 is 0 Å². The third kappa shape index (κ3) is 3.10. The van der Waals surface area contributed by atoms with Gasteiger partial charge in [0.05, 0.1) is 0 Å². The lowest BCUT2D eigenvalue weighted by Crippen LogP contribution is -2.30. The first-order chi connectivity index (χ1) is 8.56. The minimum Gasteiger partial charge on any atom is -0.344 e. The van der Waals surface area contributed by atoms with Crippen LogP contribution in [-0.4, -0.2) is 42.4 Å². The van der Waals surface area contributed by atoms with Gasteiger partial charge in [-0.05, 0) is 25.0 Å². The van der Waals surface area contributed by atoms with E-state index < -0.39 is 0 Å². The number of rotatable bonds is 2. The van der Waals surface area contributed by atoms with Crippen molar-refractivity contribution in [1.29, 1.82) is 0 Å². The molecule has 0 N–H and O–H groups in total. The van der Waals surface area contributed by atoms with Crippen LogP contribution in [0.1, 0.15) is 23.1 Å². The lowest BCUT2D eigenvalue weighted by atomic mass is 10.1. The normalized spacial score (nSPS) is 17.9. The molecule has 1 amide bonds. The molecule has 0 radical (unpaired) electrons. The van der Waals surface area contributed by atoms with E-state index in [0.717, 1.165) is 26.2 Å². The number of benzene rings is 1. The second kappa shape index (κ2) is 5.53. The Morgan fingerprint density at radius 1 is 1.17 bits per heavy atom. The van der Waals surface area contributed by atoms with Gasteiger partial charge >= 0.3 is 0 Å². The fraction of sp³-hybridized carbons (Fsp3) is 0.533. The van der Waals surface area contributed by atoms with Crippen molar-refractivity contribution in [3.8, 4) is 0 Å². The van der Waals surface area contributed by atoms with Crippen molar-refractivity contribution in [3.63, 3.8) is 0 Å². The zero-order chi connectivity index (χ0) is 13.1. The van der Waals surface area contributed by atoms with Gasteiger partial charge in [-0.15, -0.1) is 0 Å². The lowest BCUT2D eigenvalue weighted by Gasteiger charge is -2.21. The van der Waals surface area contributed by atoms with Crippen molar-refractivity contribution >= 4 is 5.91 Å². The van der Waals surface area contributed by atoms with Gasteiger partial charge in [-0.1, -0.05) is 23.8 Å². The number of hydrogen-bond donors (Lipinski definition) is 0. The third-order valence-electron chi connectivity index (χ3n) is 3.71. The molecule has 3 nitrogen and oxygen atoms in total. The van der Waals surface area contributed by atoms with Crippen LogP contribution in [0.5, 0.6) is 0 Å². The van der Waals surface area contributed by atoms with E-state index in [2.05, 4.69) is 36.9 Å². The Morgan fingerprint density at radius 2 is 1.94 bits per heavy atom. The zero-order valence-corrected chi connectivity index (χ0v) is 11.6. The van der Waals surface area contributed by atoms with Gasteiger partial charge < -0.3 is 4.90 Å². The third-order valence-corrected chi connectivity index (χ3v) is 3.71. The summed E-state index contributed by atoms with van der Waals surface area (Å²) >= 11 is 0. The highest BCUT2D eigenvalue weighted by Crippen LogP contribution is 2.14. The fourth-order valence-electron chi connectivity index (χ4n) is 2.39. The number of amides is 1. The van der Waals surface area contributed by atoms with E-state index in [9.17, 15) is 4.79 Å². The molecule has 0 bridgehead atoms. The highest BCUT2D eigenvalue weighted by Gasteiger charge is 2.18. The summed E-state index contributed by atoms with van der Waals surface area (Å²) in [7, 11) is 1.89. The van der Waals surface area contributed by atoms with Crippen LogP contribution in [0.4, 0.5) is 0 Å². The molecule has 0 atom stereocenters. The predicted octanol–water partition coefficient (Wildman–Crippen LogP) is 1.97. The van der Waals surface area contributed by atoms with E-state index in [1.807, 2.05) is 11.9 Å². The smallest absolute Gasteiger partial charge is 0.223 e. The van der Waals surface area contributed by atoms with E-state index in [1.54, 1.807) is 0 Å². The van der Waals surface area contributed by atoms with E-state index in [4.69, 9.17) is 0 Å². The molecule has 0 aliphatic carbocycles. The summed E-state index contributed by atoms with van der Waals surface area (Å²) in [6, 6.07) is 6.60. The Morgan fingerprint density at radius 3 is 2.67 bits per heavy atom. The molecule has 1 aromatic rings. The molecule has 18 heavy (non-hydrogen) atoms. The summed E-state index contributed by atoms with van der Waals surface area (Å²) in [6.45, 7) is 7.91. The van der Waals surface area contributed by atoms with Gasteiger partial charge in [-0.2, -0.15) is 0 Å². The Balaban J connectivity index is 2.03. The molecule has 1 heterocycles. The number of carbonyl (C=O) groups is 1. The van der Waals surface area contributed by atoms with Crippen molar-refractivity contribution in [2.45, 2.75) is 26.8 Å². The van der Waals surface area contributed by atoms with Crippen LogP contribution in [0, 0.1) is 13.8 Å². The SMILES string of the molecule is Cc1ccc(CN2CCC(=O)N(C)CC2)c(C)c1. The second-order valence-corrected chi connectivity index (χ2v) is 5.27. The average molecular weight is 246 g/mol. The molecule has 1 fully saturated rings. The molecule has 0 saturated carbocycles. The van der Waals surface area contributed by atoms with Gasteiger partial charge in [0.1, 0.15) is 0 Å². The number of aryl methyl sites for hydroxylation is 2. The summed E-state index contributed by atoms with van der Waals surface area (Å²) < 4.78 is 0. The van der Waals surface area contributed by atoms with Gasteiger partial charge in [0.2, 0.25) is 5.91 Å². The monoisotopic (exact) mass is 246 g/mol. The summed E-state index contributed by atoms with van der Waals surface area (Å²) in [4.78, 5) is 15.8. The first-order valence-electron chi connectivity index (χ1n) is 6.58. The lowest BCUT2D eigenvalue weighted by molar-refractivity contribution is -0.129. The standard InChI is InChI=1S/C15H22N2O/c1-12-4-5-14(13(2)10-12)11-17-7-6-15(18)16(3)8-9-17/h4-5,10H,6-9,11H2,1-3H3. The Kier molecular flexibility index (Phi) is 4.02. The van der Waals surface area contributed by atoms with Crippen LogP contribution >= 0.6 is 0 Å². The van der Waals surface area contributed by atoms with Gasteiger partial charge in [0, 0.05) is 39.6 Å². The van der Waals surface area contributed by atoms with Crippen molar-refractivity contribution in [3.05, 3.63) is 34.9 Å². The van der Waals surface area contributed by atoms with Gasteiger partial charge in [0.25, 0.3) is 0 Å². The van der Waals surface area contributed by atoms with Crippen LogP contribution in [-0.2, 0) is 11.3 Å². The predicted molar refractivity (Wildman–Crippen MR) is 73.4 cm³/mol. The summed E-state index contributed by atoms with van der Waals surface area (Å²) in [5.74, 6) is 0.262. The highest BCUT2D eigenvalue weighted by atomic mass is 16.2. The second-order valence-electron chi connectivity index (χ2n) is 5.27. The average Bonchev–Trinajstić information content (AvgIpc) is 2.48. The largest absolute Gasteiger partial charge is 0.344 e. The molecule has 1 aliphatic heterocycles. The topological polar surface area (TPSA) is 23.6 Å². The molecule has 1 aliphatic rings.